The topological polar surface area (TPSA) is 216 Å². The van der Waals surface area contributed by atoms with E-state index in [1.807, 2.05) is 13.8 Å². The van der Waals surface area contributed by atoms with Crippen LogP contribution in [0.5, 0.6) is 11.5 Å². The number of aromatic nitrogens is 2. The highest BCUT2D eigenvalue weighted by Crippen LogP contribution is 2.48. The Bertz CT molecular complexity index is 2590. The molecule has 3 aliphatic heterocycles. The zero-order valence-corrected chi connectivity index (χ0v) is 41.1. The first-order chi connectivity index (χ1) is 33.6. The second-order valence-corrected chi connectivity index (χ2v) is 21.9. The van der Waals surface area contributed by atoms with Gasteiger partial charge in [-0.2, -0.15) is 13.2 Å². The number of amides is 4. The van der Waals surface area contributed by atoms with Gasteiger partial charge in [0, 0.05) is 42.8 Å². The lowest BCUT2D eigenvalue weighted by Crippen LogP contribution is -2.66. The average Bonchev–Trinajstić information content (AvgIpc) is 4.22. The minimum Gasteiger partial charge on any atom is -0.491 e. The van der Waals surface area contributed by atoms with Crippen LogP contribution in [0.4, 0.5) is 18.0 Å². The monoisotopic (exact) mass is 1010 g/mol. The van der Waals surface area contributed by atoms with E-state index in [2.05, 4.69) is 15.0 Å². The van der Waals surface area contributed by atoms with E-state index in [0.29, 0.717) is 60.6 Å². The van der Waals surface area contributed by atoms with Crippen LogP contribution in [0.25, 0.3) is 22.6 Å². The van der Waals surface area contributed by atoms with E-state index >= 15 is 22.8 Å². The largest absolute Gasteiger partial charge is 0.491 e. The third kappa shape index (κ3) is 11.0. The first-order valence-corrected chi connectivity index (χ1v) is 25.7. The molecule has 21 heteroatoms. The number of carbonyl (C=O) groups is 4. The third-order valence-electron chi connectivity index (χ3n) is 14.0. The SMILES string of the molecule is CC[C@@H]1O[C@H](C)CC/C=C\[C@@H]2C[C@@]2(C(=O)NS(=O)(=O)C2(C)CC2)NC(=O)[C@@H]2C[C@@H](Oc3cc(-c4ccc(OC(C)C)cc4)nc(-c4ccccn4)c3)C(C(F)(F)F)N2C(=O)[C@H]1N(C(=O)O)C1CCCOC1. The van der Waals surface area contributed by atoms with Gasteiger partial charge in [0.05, 0.1) is 52.8 Å². The molecule has 3 N–H and O–H groups in total. The molecule has 71 heavy (non-hydrogen) atoms. The number of benzene rings is 1. The number of nitrogens with zero attached hydrogens (tertiary/aromatic N) is 4. The van der Waals surface area contributed by atoms with Crippen LogP contribution in [-0.4, -0.2) is 135 Å². The maximum Gasteiger partial charge on any atom is 0.412 e. The molecule has 5 aliphatic rings. The van der Waals surface area contributed by atoms with Crippen LogP contribution in [0.2, 0.25) is 0 Å². The van der Waals surface area contributed by atoms with Gasteiger partial charge in [0.1, 0.15) is 35.2 Å². The summed E-state index contributed by atoms with van der Waals surface area (Å²) in [5, 5.41) is 13.6. The Kier molecular flexibility index (Phi) is 14.8. The molecular weight excluding hydrogens is 950 g/mol. The molecule has 2 saturated carbocycles. The maximum absolute atomic E-state index is 16.2. The van der Waals surface area contributed by atoms with E-state index in [1.165, 1.54) is 25.3 Å². The molecule has 0 spiro atoms. The minimum absolute atomic E-state index is 0.0192. The number of allylic oxidation sites excluding steroid dienone is 1. The Morgan fingerprint density at radius 1 is 1.06 bits per heavy atom. The second-order valence-electron chi connectivity index (χ2n) is 19.7. The summed E-state index contributed by atoms with van der Waals surface area (Å²) in [5.74, 6) is -3.98. The predicted molar refractivity (Wildman–Crippen MR) is 252 cm³/mol. The van der Waals surface area contributed by atoms with Gasteiger partial charge in [-0.1, -0.05) is 25.1 Å². The van der Waals surface area contributed by atoms with E-state index in [4.69, 9.17) is 23.9 Å². The number of pyridine rings is 2. The van der Waals surface area contributed by atoms with E-state index in [0.717, 1.165) is 4.90 Å². The summed E-state index contributed by atoms with van der Waals surface area (Å²) in [4.78, 5) is 68.8. The summed E-state index contributed by atoms with van der Waals surface area (Å²) in [5.41, 5.74) is -0.518. The first-order valence-electron chi connectivity index (χ1n) is 24.2. The van der Waals surface area contributed by atoms with Crippen LogP contribution >= 0.6 is 0 Å². The van der Waals surface area contributed by atoms with Crippen molar-refractivity contribution in [3.8, 4) is 34.1 Å². The zero-order valence-electron chi connectivity index (χ0n) is 40.3. The third-order valence-corrected chi connectivity index (χ3v) is 16.2. The average molecular weight is 1010 g/mol. The number of nitrogens with one attached hydrogen (secondary N) is 2. The number of halogens is 3. The zero-order chi connectivity index (χ0) is 51.0. The first kappa shape index (κ1) is 51.6. The van der Waals surface area contributed by atoms with E-state index in [1.54, 1.807) is 68.5 Å². The van der Waals surface area contributed by atoms with Crippen LogP contribution in [0.1, 0.15) is 92.4 Å². The van der Waals surface area contributed by atoms with Crippen LogP contribution in [0, 0.1) is 5.92 Å². The fraction of sp³-hybridized carbons (Fsp3) is 0.560. The van der Waals surface area contributed by atoms with Crippen LogP contribution in [-0.2, 0) is 33.9 Å². The number of carbonyl (C=O) groups excluding carboxylic acids is 3. The molecule has 17 nitrogen and oxygen atoms in total. The molecule has 4 amide bonds. The van der Waals surface area contributed by atoms with Crippen molar-refractivity contribution in [3.63, 3.8) is 0 Å². The second kappa shape index (κ2) is 20.4. The molecule has 1 aromatic carbocycles. The molecule has 3 aromatic rings. The summed E-state index contributed by atoms with van der Waals surface area (Å²) in [6.07, 6.45) is -5.14. The fourth-order valence-corrected chi connectivity index (χ4v) is 11.1. The number of hydrogen-bond donors (Lipinski definition) is 3. The Hall–Kier alpha value is -5.80. The lowest BCUT2D eigenvalue weighted by Gasteiger charge is -2.44. The standard InChI is InChI=1S/C50H61F3N6O11S/c1-6-40-42(58(47(63)64)33-14-11-23-67-28-33)45(61)59-39(44(60)56-49(27-32(49)13-8-7-12-30(4)69-40)46(62)57-71(65,66)48(5)20-21-48)26-41(43(59)50(51,52)53)70-35-24-37(31-16-18-34(19-17-31)68-29(2)3)55-38(25-35)36-15-9-10-22-54-36/h8-10,13,15-19,22,24-25,29-30,32-33,39-43H,6-7,11-12,14,20-21,23,26-28H2,1-5H3,(H,56,60)(H,57,62)(H,63,64)/b13-8-/t30-,32-,33?,39+,40+,41-,42+,43?,49-/m1/s1. The van der Waals surface area contributed by atoms with Gasteiger partial charge >= 0.3 is 12.3 Å². The van der Waals surface area contributed by atoms with Crippen molar-refractivity contribution < 1.29 is 64.8 Å². The number of sulfonamides is 1. The Morgan fingerprint density at radius 3 is 2.41 bits per heavy atom. The smallest absolute Gasteiger partial charge is 0.412 e. The molecular formula is C50H61F3N6O11S. The Morgan fingerprint density at radius 2 is 1.79 bits per heavy atom. The fourth-order valence-electron chi connectivity index (χ4n) is 9.83. The lowest BCUT2D eigenvalue weighted by molar-refractivity contribution is -0.202. The molecule has 2 aliphatic carbocycles. The summed E-state index contributed by atoms with van der Waals surface area (Å²) < 4.78 is 101. The molecule has 8 rings (SSSR count). The summed E-state index contributed by atoms with van der Waals surface area (Å²) >= 11 is 0. The minimum atomic E-state index is -5.32. The molecule has 9 atom stereocenters. The van der Waals surface area contributed by atoms with Crippen molar-refractivity contribution in [2.75, 3.05) is 13.2 Å². The van der Waals surface area contributed by atoms with Crippen LogP contribution < -0.4 is 19.5 Å². The quantitative estimate of drug-likeness (QED) is 0.159. The van der Waals surface area contributed by atoms with Gasteiger partial charge in [-0.3, -0.25) is 29.0 Å². The van der Waals surface area contributed by atoms with Gasteiger partial charge < -0.3 is 34.3 Å². The van der Waals surface area contributed by atoms with E-state index < -0.39 is 105 Å². The highest BCUT2D eigenvalue weighted by atomic mass is 32.2. The highest BCUT2D eigenvalue weighted by Gasteiger charge is 2.66. The van der Waals surface area contributed by atoms with Crippen molar-refractivity contribution in [1.29, 1.82) is 0 Å². The van der Waals surface area contributed by atoms with Crippen LogP contribution in [0.15, 0.2) is 72.9 Å². The lowest BCUT2D eigenvalue weighted by atomic mass is 9.99. The van der Waals surface area contributed by atoms with Gasteiger partial charge in [-0.05, 0) is 115 Å². The summed E-state index contributed by atoms with van der Waals surface area (Å²) in [7, 11) is -4.25. The predicted octanol–water partition coefficient (Wildman–Crippen LogP) is 6.81. The number of fused-ring (bicyclic) bond motifs is 2. The van der Waals surface area contributed by atoms with Crippen molar-refractivity contribution >= 4 is 33.8 Å². The molecule has 2 saturated heterocycles. The molecule has 0 bridgehead atoms. The molecule has 384 valence electrons. The highest BCUT2D eigenvalue weighted by molar-refractivity contribution is 7.91. The van der Waals surface area contributed by atoms with Crippen molar-refractivity contribution in [3.05, 3.63) is 72.9 Å². The molecule has 2 unspecified atom stereocenters. The molecule has 2 aromatic heterocycles. The van der Waals surface area contributed by atoms with Gasteiger partial charge in [-0.25, -0.2) is 18.2 Å². The molecule has 5 heterocycles. The van der Waals surface area contributed by atoms with E-state index in [9.17, 15) is 23.1 Å². The van der Waals surface area contributed by atoms with Gasteiger partial charge in [0.25, 0.3) is 5.91 Å². The number of hydrogen-bond acceptors (Lipinski definition) is 12. The van der Waals surface area contributed by atoms with Crippen molar-refractivity contribution in [2.24, 2.45) is 5.92 Å². The van der Waals surface area contributed by atoms with Gasteiger partial charge in [0.15, 0.2) is 6.04 Å². The van der Waals surface area contributed by atoms with Gasteiger partial charge in [-0.15, -0.1) is 0 Å². The summed E-state index contributed by atoms with van der Waals surface area (Å²) in [6.45, 7) is 8.70. The molecule has 4 fully saturated rings. The number of alkyl halides is 3. The van der Waals surface area contributed by atoms with Crippen molar-refractivity contribution in [2.45, 2.75) is 157 Å². The number of rotatable bonds is 12. The Balaban J connectivity index is 1.25. The van der Waals surface area contributed by atoms with E-state index in [-0.39, 0.29) is 49.1 Å². The van der Waals surface area contributed by atoms with Crippen LogP contribution in [0.3, 0.4) is 0 Å². The maximum atomic E-state index is 16.2. The summed E-state index contributed by atoms with van der Waals surface area (Å²) in [6, 6.07) is 6.94. The number of ether oxygens (including phenoxy) is 4. The van der Waals surface area contributed by atoms with Gasteiger partial charge in [0.2, 0.25) is 21.8 Å². The number of carboxylic acid groups (broad SMARTS) is 1. The van der Waals surface area contributed by atoms with Crippen molar-refractivity contribution in [1.82, 2.24) is 29.8 Å². The molecule has 0 radical (unpaired) electrons. The Labute approximate surface area is 410 Å². The normalized spacial score (nSPS) is 29.3.